The summed E-state index contributed by atoms with van der Waals surface area (Å²) in [6.45, 7) is 3.48. The third-order valence-electron chi connectivity index (χ3n) is 4.22. The molecule has 0 heterocycles. The molecule has 0 radical (unpaired) electrons. The second kappa shape index (κ2) is 9.84. The van der Waals surface area contributed by atoms with E-state index in [-0.39, 0.29) is 24.0 Å². The molecule has 0 spiro atoms. The minimum Gasteiger partial charge on any atom is -0.410 e. The second-order valence-corrected chi connectivity index (χ2v) is 6.32. The van der Waals surface area contributed by atoms with Crippen LogP contribution >= 0.6 is 0 Å². The highest BCUT2D eigenvalue weighted by atomic mass is 16.6. The molecule has 0 aliphatic rings. The molecule has 3 aromatic rings. The Morgan fingerprint density at radius 2 is 1.53 bits per heavy atom. The molecule has 2 amide bonds. The van der Waals surface area contributed by atoms with Gasteiger partial charge in [0.15, 0.2) is 5.78 Å². The number of hydrogen-bond donors (Lipinski definition) is 2. The number of carbonyl (C=O) groups is 3. The van der Waals surface area contributed by atoms with E-state index in [1.165, 1.54) is 6.07 Å². The molecule has 3 aromatic carbocycles. The van der Waals surface area contributed by atoms with Crippen LogP contribution in [0.25, 0.3) is 0 Å². The summed E-state index contributed by atoms with van der Waals surface area (Å²) in [6, 6.07) is 22.4. The van der Waals surface area contributed by atoms with Crippen LogP contribution in [0.4, 0.5) is 10.5 Å². The molecule has 0 bridgehead atoms. The molecular weight excluding hydrogens is 380 g/mol. The molecule has 150 valence electrons. The van der Waals surface area contributed by atoms with Crippen LogP contribution in [0.5, 0.6) is 5.75 Å². The predicted octanol–water partition coefficient (Wildman–Crippen LogP) is 4.33. The van der Waals surface area contributed by atoms with Gasteiger partial charge in [-0.1, -0.05) is 55.1 Å². The maximum Gasteiger partial charge on any atom is 0.417 e. The van der Waals surface area contributed by atoms with Crippen LogP contribution in [0.15, 0.2) is 91.5 Å². The van der Waals surface area contributed by atoms with Crippen LogP contribution in [-0.4, -0.2) is 17.8 Å². The molecule has 6 heteroatoms. The number of hydrogen-bond acceptors (Lipinski definition) is 4. The lowest BCUT2D eigenvalue weighted by molar-refractivity contribution is -0.116. The third kappa shape index (κ3) is 5.42. The van der Waals surface area contributed by atoms with Crippen molar-refractivity contribution in [1.29, 1.82) is 0 Å². The van der Waals surface area contributed by atoms with Gasteiger partial charge < -0.3 is 10.1 Å². The third-order valence-corrected chi connectivity index (χ3v) is 4.22. The lowest BCUT2D eigenvalue weighted by atomic mass is 10.0. The Kier molecular flexibility index (Phi) is 6.74. The lowest BCUT2D eigenvalue weighted by Crippen LogP contribution is -2.22. The highest BCUT2D eigenvalue weighted by Crippen LogP contribution is 2.23. The number of anilines is 1. The average Bonchev–Trinajstić information content (AvgIpc) is 2.78. The van der Waals surface area contributed by atoms with Gasteiger partial charge in [-0.2, -0.15) is 0 Å². The molecule has 0 atom stereocenters. The minimum atomic E-state index is -0.681. The highest BCUT2D eigenvalue weighted by molar-refractivity contribution is 6.09. The topological polar surface area (TPSA) is 84.5 Å². The summed E-state index contributed by atoms with van der Waals surface area (Å²) in [6.07, 6.45) is 0.460. The first-order valence-corrected chi connectivity index (χ1v) is 9.23. The van der Waals surface area contributed by atoms with Crippen molar-refractivity contribution in [2.75, 3.05) is 5.32 Å². The lowest BCUT2D eigenvalue weighted by Gasteiger charge is -2.13. The normalized spacial score (nSPS) is 10.0. The van der Waals surface area contributed by atoms with E-state index in [1.807, 2.05) is 12.1 Å². The number of nitrogens with one attached hydrogen (secondary N) is 2. The van der Waals surface area contributed by atoms with Crippen molar-refractivity contribution in [3.63, 3.8) is 0 Å². The largest absolute Gasteiger partial charge is 0.417 e. The van der Waals surface area contributed by atoms with Crippen LogP contribution in [0.2, 0.25) is 0 Å². The molecule has 30 heavy (non-hydrogen) atoms. The Morgan fingerprint density at radius 1 is 0.867 bits per heavy atom. The van der Waals surface area contributed by atoms with E-state index in [0.29, 0.717) is 22.4 Å². The predicted molar refractivity (Wildman–Crippen MR) is 114 cm³/mol. The van der Waals surface area contributed by atoms with Gasteiger partial charge >= 0.3 is 6.09 Å². The molecule has 6 nitrogen and oxygen atoms in total. The Hall–Kier alpha value is -4.19. The van der Waals surface area contributed by atoms with Crippen molar-refractivity contribution in [1.82, 2.24) is 5.32 Å². The maximum atomic E-state index is 12.7. The number of rotatable bonds is 7. The molecular formula is C24H20N2O4. The second-order valence-electron chi connectivity index (χ2n) is 6.32. The van der Waals surface area contributed by atoms with Gasteiger partial charge in [0.25, 0.3) is 0 Å². The quantitative estimate of drug-likeness (QED) is 0.457. The summed E-state index contributed by atoms with van der Waals surface area (Å²) in [5, 5.41) is 5.26. The van der Waals surface area contributed by atoms with Gasteiger partial charge in [0.05, 0.1) is 0 Å². The van der Waals surface area contributed by atoms with Gasteiger partial charge in [0.1, 0.15) is 5.75 Å². The smallest absolute Gasteiger partial charge is 0.410 e. The zero-order chi connectivity index (χ0) is 21.3. The van der Waals surface area contributed by atoms with Crippen LogP contribution in [0.3, 0.4) is 0 Å². The molecule has 0 fully saturated rings. The van der Waals surface area contributed by atoms with Crippen LogP contribution in [0, 0.1) is 0 Å². The Labute approximate surface area is 174 Å². The highest BCUT2D eigenvalue weighted by Gasteiger charge is 2.15. The average molecular weight is 400 g/mol. The monoisotopic (exact) mass is 400 g/mol. The number of ketones is 1. The van der Waals surface area contributed by atoms with Crippen LogP contribution < -0.4 is 15.4 Å². The van der Waals surface area contributed by atoms with Gasteiger partial charge in [-0.05, 0) is 36.4 Å². The van der Waals surface area contributed by atoms with Crippen molar-refractivity contribution in [3.05, 3.63) is 108 Å². The van der Waals surface area contributed by atoms with E-state index in [9.17, 15) is 14.4 Å². The van der Waals surface area contributed by atoms with E-state index < -0.39 is 6.09 Å². The fourth-order valence-corrected chi connectivity index (χ4v) is 2.73. The fourth-order valence-electron chi connectivity index (χ4n) is 2.73. The molecule has 2 N–H and O–H groups in total. The molecule has 0 aliphatic carbocycles. The van der Waals surface area contributed by atoms with E-state index in [4.69, 9.17) is 4.74 Å². The summed E-state index contributed by atoms with van der Waals surface area (Å²) in [4.78, 5) is 36.6. The van der Waals surface area contributed by atoms with Crippen molar-refractivity contribution in [2.24, 2.45) is 0 Å². The molecule has 0 saturated heterocycles. The summed E-state index contributed by atoms with van der Waals surface area (Å²) in [5.74, 6) is -0.320. The van der Waals surface area contributed by atoms with Crippen LogP contribution in [-0.2, 0) is 11.3 Å². The van der Waals surface area contributed by atoms with Gasteiger partial charge in [-0.15, -0.1) is 0 Å². The van der Waals surface area contributed by atoms with Gasteiger partial charge in [-0.3, -0.25) is 14.9 Å². The SMILES string of the molecule is C=CC(=O)NCc1cc(C(=O)c2ccccc2)ccc1OC(=O)Nc1ccccc1. The number of ether oxygens (including phenoxy) is 1. The van der Waals surface area contributed by atoms with E-state index in [0.717, 1.165) is 6.08 Å². The van der Waals surface area contributed by atoms with Crippen molar-refractivity contribution in [3.8, 4) is 5.75 Å². The molecule has 0 unspecified atom stereocenters. The summed E-state index contributed by atoms with van der Waals surface area (Å²) >= 11 is 0. The first-order valence-electron chi connectivity index (χ1n) is 9.23. The number of amides is 2. The van der Waals surface area contributed by atoms with E-state index >= 15 is 0 Å². The summed E-state index contributed by atoms with van der Waals surface area (Å²) < 4.78 is 5.42. The van der Waals surface area contributed by atoms with Crippen LogP contribution in [0.1, 0.15) is 21.5 Å². The maximum absolute atomic E-state index is 12.7. The Morgan fingerprint density at radius 3 is 2.20 bits per heavy atom. The first kappa shape index (κ1) is 20.5. The van der Waals surface area contributed by atoms with E-state index in [1.54, 1.807) is 60.7 Å². The summed E-state index contributed by atoms with van der Waals surface area (Å²) in [5.41, 5.74) is 2.02. The number of para-hydroxylation sites is 1. The zero-order valence-corrected chi connectivity index (χ0v) is 16.1. The fraction of sp³-hybridized carbons (Fsp3) is 0.0417. The Balaban J connectivity index is 1.83. The van der Waals surface area contributed by atoms with Gasteiger partial charge in [0.2, 0.25) is 5.91 Å². The van der Waals surface area contributed by atoms with Crippen molar-refractivity contribution < 1.29 is 19.1 Å². The zero-order valence-electron chi connectivity index (χ0n) is 16.1. The van der Waals surface area contributed by atoms with Gasteiger partial charge in [-0.25, -0.2) is 4.79 Å². The summed E-state index contributed by atoms with van der Waals surface area (Å²) in [7, 11) is 0. The minimum absolute atomic E-state index is 0.0642. The Bertz CT molecular complexity index is 1060. The number of carbonyl (C=O) groups excluding carboxylic acids is 3. The first-order chi connectivity index (χ1) is 14.6. The standard InChI is InChI=1S/C24H20N2O4/c1-2-22(27)25-16-19-15-18(23(28)17-9-5-3-6-10-17)13-14-21(19)30-24(29)26-20-11-7-4-8-12-20/h2-15H,1,16H2,(H,25,27)(H,26,29). The molecule has 0 saturated carbocycles. The van der Waals surface area contributed by atoms with Crippen molar-refractivity contribution >= 4 is 23.5 Å². The molecule has 3 rings (SSSR count). The molecule has 0 aromatic heterocycles. The van der Waals surface area contributed by atoms with E-state index in [2.05, 4.69) is 17.2 Å². The van der Waals surface area contributed by atoms with Gasteiger partial charge in [0, 0.05) is 28.9 Å². The molecule has 0 aliphatic heterocycles. The van der Waals surface area contributed by atoms with Crippen molar-refractivity contribution in [2.45, 2.75) is 6.54 Å². The number of benzene rings is 3.